The lowest BCUT2D eigenvalue weighted by atomic mass is 10.0. The molecule has 0 saturated heterocycles. The van der Waals surface area contributed by atoms with Gasteiger partial charge in [-0.15, -0.1) is 0 Å². The van der Waals surface area contributed by atoms with E-state index in [2.05, 4.69) is 36.5 Å². The van der Waals surface area contributed by atoms with Crippen molar-refractivity contribution in [3.63, 3.8) is 0 Å². The molecule has 12 heavy (non-hydrogen) atoms. The van der Waals surface area contributed by atoms with Crippen molar-refractivity contribution < 1.29 is 0 Å². The van der Waals surface area contributed by atoms with Gasteiger partial charge in [0.2, 0.25) is 0 Å². The maximum atomic E-state index is 3.37. The van der Waals surface area contributed by atoms with Crippen LogP contribution in [0.4, 0.5) is 0 Å². The monoisotopic (exact) mass is 161 g/mol. The number of hydrogen-bond donors (Lipinski definition) is 1. The van der Waals surface area contributed by atoms with E-state index in [1.807, 2.05) is 7.05 Å². The Morgan fingerprint density at radius 3 is 2.83 bits per heavy atom. The third kappa shape index (κ3) is 1.05. The number of fused-ring (bicyclic) bond motifs is 1. The summed E-state index contributed by atoms with van der Waals surface area (Å²) in [7, 11) is 2.04. The summed E-state index contributed by atoms with van der Waals surface area (Å²) in [6.45, 7) is 2.31. The van der Waals surface area contributed by atoms with Crippen molar-refractivity contribution in [2.75, 3.05) is 7.05 Å². The third-order valence-corrected chi connectivity index (χ3v) is 2.81. The van der Waals surface area contributed by atoms with Gasteiger partial charge >= 0.3 is 0 Å². The summed E-state index contributed by atoms with van der Waals surface area (Å²) in [6.07, 6.45) is 1.22. The highest BCUT2D eigenvalue weighted by Gasteiger charge is 2.26. The molecule has 2 rings (SSSR count). The van der Waals surface area contributed by atoms with Gasteiger partial charge in [-0.2, -0.15) is 0 Å². The molecule has 2 atom stereocenters. The molecule has 0 radical (unpaired) electrons. The topological polar surface area (TPSA) is 12.0 Å². The van der Waals surface area contributed by atoms with E-state index in [1.165, 1.54) is 17.5 Å². The van der Waals surface area contributed by atoms with Crippen LogP contribution in [0.15, 0.2) is 24.3 Å². The molecule has 0 heterocycles. The largest absolute Gasteiger partial charge is 0.313 e. The van der Waals surface area contributed by atoms with Crippen molar-refractivity contribution in [3.05, 3.63) is 35.4 Å². The van der Waals surface area contributed by atoms with Gasteiger partial charge in [-0.1, -0.05) is 31.2 Å². The zero-order valence-electron chi connectivity index (χ0n) is 7.67. The zero-order chi connectivity index (χ0) is 8.55. The highest BCUT2D eigenvalue weighted by molar-refractivity contribution is 5.35. The van der Waals surface area contributed by atoms with Crippen molar-refractivity contribution in [1.29, 1.82) is 0 Å². The van der Waals surface area contributed by atoms with Crippen molar-refractivity contribution in [2.45, 2.75) is 19.4 Å². The molecule has 0 aromatic heterocycles. The Kier molecular flexibility index (Phi) is 1.89. The van der Waals surface area contributed by atoms with E-state index in [0.29, 0.717) is 6.04 Å². The summed E-state index contributed by atoms with van der Waals surface area (Å²) in [5.74, 6) is 0.743. The molecule has 1 heteroatoms. The average molecular weight is 161 g/mol. The van der Waals surface area contributed by atoms with Crippen LogP contribution in [0.3, 0.4) is 0 Å². The molecule has 1 N–H and O–H groups in total. The first-order valence-electron chi connectivity index (χ1n) is 4.58. The molecule has 0 amide bonds. The summed E-state index contributed by atoms with van der Waals surface area (Å²) in [5.41, 5.74) is 3.01. The molecule has 1 aromatic rings. The van der Waals surface area contributed by atoms with Crippen molar-refractivity contribution in [3.8, 4) is 0 Å². The molecule has 0 spiro atoms. The maximum absolute atomic E-state index is 3.37. The smallest absolute Gasteiger partial charge is 0.0349 e. The fraction of sp³-hybridized carbons (Fsp3) is 0.455. The SMILES string of the molecule is CN[C@@H]1c2ccccc2C[C@@H]1C. The second-order valence-electron chi connectivity index (χ2n) is 3.65. The first-order valence-corrected chi connectivity index (χ1v) is 4.58. The molecule has 64 valence electrons. The molecule has 1 aliphatic rings. The molecule has 0 bridgehead atoms. The molecule has 1 aromatic carbocycles. The quantitative estimate of drug-likeness (QED) is 0.665. The summed E-state index contributed by atoms with van der Waals surface area (Å²) in [5, 5.41) is 3.37. The molecule has 0 fully saturated rings. The van der Waals surface area contributed by atoms with E-state index in [1.54, 1.807) is 0 Å². The van der Waals surface area contributed by atoms with Gasteiger partial charge in [0.15, 0.2) is 0 Å². The fourth-order valence-electron chi connectivity index (χ4n) is 2.23. The molecule has 1 aliphatic carbocycles. The van der Waals surface area contributed by atoms with Gasteiger partial charge in [0.05, 0.1) is 0 Å². The highest BCUT2D eigenvalue weighted by Crippen LogP contribution is 2.34. The van der Waals surface area contributed by atoms with Gasteiger partial charge in [0.25, 0.3) is 0 Å². The Bertz CT molecular complexity index is 280. The second-order valence-corrected chi connectivity index (χ2v) is 3.65. The molecule has 1 nitrogen and oxygen atoms in total. The van der Waals surface area contributed by atoms with Crippen LogP contribution in [-0.4, -0.2) is 7.05 Å². The van der Waals surface area contributed by atoms with Gasteiger partial charge in [-0.3, -0.25) is 0 Å². The van der Waals surface area contributed by atoms with Crippen molar-refractivity contribution in [1.82, 2.24) is 5.32 Å². The van der Waals surface area contributed by atoms with E-state index < -0.39 is 0 Å². The maximum Gasteiger partial charge on any atom is 0.0349 e. The first kappa shape index (κ1) is 7.81. The number of hydrogen-bond acceptors (Lipinski definition) is 1. The third-order valence-electron chi connectivity index (χ3n) is 2.81. The minimum atomic E-state index is 0.571. The summed E-state index contributed by atoms with van der Waals surface area (Å²) >= 11 is 0. The standard InChI is InChI=1S/C11H15N/c1-8-7-9-5-3-4-6-10(9)11(8)12-2/h3-6,8,11-12H,7H2,1-2H3/t8-,11-/m0/s1. The van der Waals surface area contributed by atoms with E-state index in [4.69, 9.17) is 0 Å². The van der Waals surface area contributed by atoms with Crippen molar-refractivity contribution in [2.24, 2.45) is 5.92 Å². The van der Waals surface area contributed by atoms with Crippen LogP contribution < -0.4 is 5.32 Å². The number of nitrogens with one attached hydrogen (secondary N) is 1. The first-order chi connectivity index (χ1) is 5.83. The summed E-state index contributed by atoms with van der Waals surface area (Å²) in [6, 6.07) is 9.30. The minimum absolute atomic E-state index is 0.571. The van der Waals surface area contributed by atoms with Crippen LogP contribution in [0.1, 0.15) is 24.1 Å². The van der Waals surface area contributed by atoms with Crippen molar-refractivity contribution >= 4 is 0 Å². The van der Waals surface area contributed by atoms with Crippen LogP contribution in [0.25, 0.3) is 0 Å². The predicted molar refractivity (Wildman–Crippen MR) is 51.1 cm³/mol. The van der Waals surface area contributed by atoms with Crippen LogP contribution in [-0.2, 0) is 6.42 Å². The molecule has 0 saturated carbocycles. The minimum Gasteiger partial charge on any atom is -0.313 e. The fourth-order valence-corrected chi connectivity index (χ4v) is 2.23. The number of rotatable bonds is 1. The van der Waals surface area contributed by atoms with E-state index in [9.17, 15) is 0 Å². The molecular formula is C11H15N. The van der Waals surface area contributed by atoms with Crippen LogP contribution in [0, 0.1) is 5.92 Å². The molecule has 0 aliphatic heterocycles. The lowest BCUT2D eigenvalue weighted by Crippen LogP contribution is -2.19. The summed E-state index contributed by atoms with van der Waals surface area (Å²) < 4.78 is 0. The van der Waals surface area contributed by atoms with Gasteiger partial charge in [-0.05, 0) is 30.5 Å². The Balaban J connectivity index is 2.40. The Hall–Kier alpha value is -0.820. The van der Waals surface area contributed by atoms with Crippen LogP contribution in [0.2, 0.25) is 0 Å². The van der Waals surface area contributed by atoms with Gasteiger partial charge in [0, 0.05) is 6.04 Å². The second kappa shape index (κ2) is 2.91. The van der Waals surface area contributed by atoms with E-state index >= 15 is 0 Å². The Morgan fingerprint density at radius 2 is 2.08 bits per heavy atom. The van der Waals surface area contributed by atoms with Gasteiger partial charge in [0.1, 0.15) is 0 Å². The number of benzene rings is 1. The average Bonchev–Trinajstić information content (AvgIpc) is 2.40. The zero-order valence-corrected chi connectivity index (χ0v) is 7.67. The lowest BCUT2D eigenvalue weighted by molar-refractivity contribution is 0.447. The van der Waals surface area contributed by atoms with E-state index in [0.717, 1.165) is 5.92 Å². The normalized spacial score (nSPS) is 27.2. The van der Waals surface area contributed by atoms with Gasteiger partial charge in [-0.25, -0.2) is 0 Å². The summed E-state index contributed by atoms with van der Waals surface area (Å²) in [4.78, 5) is 0. The predicted octanol–water partition coefficient (Wildman–Crippen LogP) is 2.14. The van der Waals surface area contributed by atoms with Crippen LogP contribution >= 0.6 is 0 Å². The Morgan fingerprint density at radius 1 is 1.33 bits per heavy atom. The van der Waals surface area contributed by atoms with Crippen LogP contribution in [0.5, 0.6) is 0 Å². The van der Waals surface area contributed by atoms with E-state index in [-0.39, 0.29) is 0 Å². The Labute approximate surface area is 73.8 Å². The lowest BCUT2D eigenvalue weighted by Gasteiger charge is -2.14. The van der Waals surface area contributed by atoms with Gasteiger partial charge < -0.3 is 5.32 Å². The molecular weight excluding hydrogens is 146 g/mol. The highest BCUT2D eigenvalue weighted by atomic mass is 14.9. The molecule has 0 unspecified atom stereocenters.